The SMILES string of the molecule is COc1cc(F)c(C(C2CCOCC2)n2c3cc(C(C)(C)O)ccc3c3ncc(/C(=C(\C)N)N(C)N)cc32)cc1F. The highest BCUT2D eigenvalue weighted by Crippen LogP contribution is 2.43. The van der Waals surface area contributed by atoms with E-state index in [2.05, 4.69) is 0 Å². The summed E-state index contributed by atoms with van der Waals surface area (Å²) in [5.74, 6) is 4.68. The third kappa shape index (κ3) is 5.23. The first-order chi connectivity index (χ1) is 19.4. The number of hydrogen-bond acceptors (Lipinski definition) is 7. The number of nitrogens with zero attached hydrogens (tertiary/aromatic N) is 3. The summed E-state index contributed by atoms with van der Waals surface area (Å²) in [6.07, 6.45) is 3.01. The molecule has 218 valence electrons. The Morgan fingerprint density at radius 1 is 1.15 bits per heavy atom. The molecule has 1 unspecified atom stereocenters. The first-order valence-corrected chi connectivity index (χ1v) is 13.6. The summed E-state index contributed by atoms with van der Waals surface area (Å²) in [6.45, 7) is 6.20. The molecule has 1 atom stereocenters. The van der Waals surface area contributed by atoms with Gasteiger partial charge in [-0.3, -0.25) is 4.98 Å². The summed E-state index contributed by atoms with van der Waals surface area (Å²) in [5, 5.41) is 13.1. The first kappa shape index (κ1) is 28.8. The molecule has 1 fully saturated rings. The molecule has 10 heteroatoms. The lowest BCUT2D eigenvalue weighted by molar-refractivity contribution is 0.0547. The predicted molar refractivity (Wildman–Crippen MR) is 156 cm³/mol. The lowest BCUT2D eigenvalue weighted by Gasteiger charge is -2.33. The molecule has 8 nitrogen and oxygen atoms in total. The highest BCUT2D eigenvalue weighted by molar-refractivity contribution is 6.06. The van der Waals surface area contributed by atoms with E-state index in [4.69, 9.17) is 26.0 Å². The van der Waals surface area contributed by atoms with Gasteiger partial charge in [0.05, 0.1) is 41.0 Å². The molecule has 5 N–H and O–H groups in total. The quantitative estimate of drug-likeness (QED) is 0.209. The molecule has 0 bridgehead atoms. The zero-order valence-electron chi connectivity index (χ0n) is 24.0. The van der Waals surface area contributed by atoms with Crippen LogP contribution in [0.3, 0.4) is 0 Å². The Balaban J connectivity index is 1.91. The van der Waals surface area contributed by atoms with Gasteiger partial charge in [-0.05, 0) is 63.3 Å². The predicted octanol–water partition coefficient (Wildman–Crippen LogP) is 5.17. The number of halogens is 2. The van der Waals surface area contributed by atoms with Crippen molar-refractivity contribution in [3.8, 4) is 5.75 Å². The number of ether oxygens (including phenoxy) is 2. The summed E-state index contributed by atoms with van der Waals surface area (Å²) in [4.78, 5) is 4.83. The van der Waals surface area contributed by atoms with E-state index in [-0.39, 0.29) is 17.2 Å². The molecule has 1 aliphatic rings. The van der Waals surface area contributed by atoms with E-state index in [9.17, 15) is 5.11 Å². The Kier molecular flexibility index (Phi) is 7.67. The largest absolute Gasteiger partial charge is 0.494 e. The van der Waals surface area contributed by atoms with Crippen LogP contribution in [0.15, 0.2) is 48.3 Å². The van der Waals surface area contributed by atoms with E-state index >= 15 is 8.78 Å². The van der Waals surface area contributed by atoms with Gasteiger partial charge in [0.15, 0.2) is 11.6 Å². The van der Waals surface area contributed by atoms with Gasteiger partial charge in [0.1, 0.15) is 5.82 Å². The Morgan fingerprint density at radius 2 is 1.85 bits per heavy atom. The van der Waals surface area contributed by atoms with Crippen molar-refractivity contribution in [2.75, 3.05) is 27.4 Å². The van der Waals surface area contributed by atoms with Crippen molar-refractivity contribution >= 4 is 27.6 Å². The van der Waals surface area contributed by atoms with E-state index in [1.165, 1.54) is 18.2 Å². The second-order valence-electron chi connectivity index (χ2n) is 11.3. The number of aliphatic hydroxyl groups is 1. The van der Waals surface area contributed by atoms with Crippen LogP contribution in [-0.4, -0.2) is 47.0 Å². The number of allylic oxidation sites excluding steroid dienone is 1. The molecule has 0 aliphatic carbocycles. The number of fused-ring (bicyclic) bond motifs is 3. The minimum Gasteiger partial charge on any atom is -0.494 e. The molecular weight excluding hydrogens is 528 g/mol. The number of pyridine rings is 1. The minimum absolute atomic E-state index is 0.0808. The standard InChI is InChI=1S/C31H37F2N5O3/c1-17(34)29(37(4)35)19-12-26-28(36-16-19)21-7-6-20(31(2,3)39)13-25(21)38(26)30(18-8-10-41-11-9-18)22-14-24(33)27(40-5)15-23(22)32/h6-7,12-16,18,30,39H,8-11,34-35H2,1-5H3/b29-17-. The van der Waals surface area contributed by atoms with E-state index in [0.29, 0.717) is 59.6 Å². The molecule has 3 heterocycles. The van der Waals surface area contributed by atoms with Crippen molar-refractivity contribution in [3.05, 3.63) is 76.6 Å². The van der Waals surface area contributed by atoms with E-state index in [1.54, 1.807) is 34.0 Å². The summed E-state index contributed by atoms with van der Waals surface area (Å²) in [7, 11) is 3.01. The van der Waals surface area contributed by atoms with Crippen molar-refractivity contribution in [3.63, 3.8) is 0 Å². The number of hydrazine groups is 1. The maximum absolute atomic E-state index is 15.9. The van der Waals surface area contributed by atoms with Crippen molar-refractivity contribution in [1.82, 2.24) is 14.6 Å². The molecule has 41 heavy (non-hydrogen) atoms. The molecule has 1 aliphatic heterocycles. The van der Waals surface area contributed by atoms with E-state index < -0.39 is 23.3 Å². The Morgan fingerprint density at radius 3 is 2.46 bits per heavy atom. The molecule has 0 spiro atoms. The van der Waals surface area contributed by atoms with E-state index in [1.807, 2.05) is 28.8 Å². The third-order valence-corrected chi connectivity index (χ3v) is 7.93. The van der Waals surface area contributed by atoms with Crippen LogP contribution in [-0.2, 0) is 10.3 Å². The van der Waals surface area contributed by atoms with E-state index in [0.717, 1.165) is 17.0 Å². The number of hydrogen-bond donors (Lipinski definition) is 3. The second kappa shape index (κ2) is 10.9. The summed E-state index contributed by atoms with van der Waals surface area (Å²) >= 11 is 0. The van der Waals surface area contributed by atoms with Gasteiger partial charge in [0.2, 0.25) is 0 Å². The maximum Gasteiger partial charge on any atom is 0.165 e. The van der Waals surface area contributed by atoms with Crippen LogP contribution in [0.2, 0.25) is 0 Å². The lowest BCUT2D eigenvalue weighted by Crippen LogP contribution is -2.28. The van der Waals surface area contributed by atoms with Crippen LogP contribution >= 0.6 is 0 Å². The monoisotopic (exact) mass is 565 g/mol. The zero-order chi connectivity index (χ0) is 29.6. The van der Waals surface area contributed by atoms with Crippen LogP contribution in [0.25, 0.3) is 27.6 Å². The molecule has 0 radical (unpaired) electrons. The topological polar surface area (TPSA) is 112 Å². The Hall–Kier alpha value is -3.73. The van der Waals surface area contributed by atoms with Gasteiger partial charge in [-0.15, -0.1) is 0 Å². The van der Waals surface area contributed by atoms with Crippen LogP contribution in [0.4, 0.5) is 8.78 Å². The highest BCUT2D eigenvalue weighted by atomic mass is 19.1. The average molecular weight is 566 g/mol. The van der Waals surface area contributed by atoms with Crippen molar-refractivity contribution in [1.29, 1.82) is 0 Å². The van der Waals surface area contributed by atoms with Gasteiger partial charge in [-0.2, -0.15) is 0 Å². The van der Waals surface area contributed by atoms with Crippen molar-refractivity contribution < 1.29 is 23.4 Å². The molecule has 1 saturated heterocycles. The molecule has 2 aromatic heterocycles. The fourth-order valence-electron chi connectivity index (χ4n) is 5.99. The Labute approximate surface area is 238 Å². The molecule has 0 saturated carbocycles. The highest BCUT2D eigenvalue weighted by Gasteiger charge is 2.33. The van der Waals surface area contributed by atoms with Crippen molar-refractivity contribution in [2.24, 2.45) is 17.5 Å². The third-order valence-electron chi connectivity index (χ3n) is 7.93. The van der Waals surface area contributed by atoms with Crippen molar-refractivity contribution in [2.45, 2.75) is 45.3 Å². The molecular formula is C31H37F2N5O3. The van der Waals surface area contributed by atoms with Crippen LogP contribution in [0.5, 0.6) is 5.75 Å². The number of nitrogens with two attached hydrogens (primary N) is 2. The number of benzene rings is 2. The summed E-state index contributed by atoms with van der Waals surface area (Å²) < 4.78 is 43.8. The lowest BCUT2D eigenvalue weighted by atomic mass is 9.86. The van der Waals surface area contributed by atoms with Crippen LogP contribution < -0.4 is 16.3 Å². The van der Waals surface area contributed by atoms with Gasteiger partial charge in [0, 0.05) is 54.7 Å². The van der Waals surface area contributed by atoms with Gasteiger partial charge in [-0.1, -0.05) is 12.1 Å². The number of rotatable bonds is 7. The zero-order valence-corrected chi connectivity index (χ0v) is 24.0. The normalized spacial score (nSPS) is 16.2. The minimum atomic E-state index is -1.13. The van der Waals surface area contributed by atoms with Gasteiger partial charge >= 0.3 is 0 Å². The second-order valence-corrected chi connectivity index (χ2v) is 11.3. The average Bonchev–Trinajstić information content (AvgIpc) is 3.23. The Bertz CT molecular complexity index is 1630. The summed E-state index contributed by atoms with van der Waals surface area (Å²) in [6, 6.07) is 9.33. The van der Waals surface area contributed by atoms with Gasteiger partial charge in [0.25, 0.3) is 0 Å². The first-order valence-electron chi connectivity index (χ1n) is 13.6. The summed E-state index contributed by atoms with van der Waals surface area (Å²) in [5.41, 5.74) is 9.88. The molecule has 0 amide bonds. The van der Waals surface area contributed by atoms with Crippen LogP contribution in [0, 0.1) is 17.6 Å². The smallest absolute Gasteiger partial charge is 0.165 e. The number of methoxy groups -OCH3 is 1. The molecule has 2 aromatic carbocycles. The molecule has 5 rings (SSSR count). The number of aromatic nitrogens is 2. The van der Waals surface area contributed by atoms with Gasteiger partial charge in [-0.25, -0.2) is 14.6 Å². The van der Waals surface area contributed by atoms with Crippen LogP contribution in [0.1, 0.15) is 56.3 Å². The fourth-order valence-corrected chi connectivity index (χ4v) is 5.99. The maximum atomic E-state index is 15.9. The molecule has 4 aromatic rings. The van der Waals surface area contributed by atoms with Gasteiger partial charge < -0.3 is 29.9 Å². The fraction of sp³-hybridized carbons (Fsp3) is 0.387.